The molecule has 0 amide bonds. The Morgan fingerprint density at radius 2 is 1.55 bits per heavy atom. The average molecular weight is 652 g/mol. The topological polar surface area (TPSA) is 74.7 Å². The highest BCUT2D eigenvalue weighted by atomic mass is 32.2. The van der Waals surface area contributed by atoms with Gasteiger partial charge in [0.15, 0.2) is 9.84 Å². The van der Waals surface area contributed by atoms with Gasteiger partial charge in [-0.3, -0.25) is 4.90 Å². The molecule has 15 heteroatoms. The largest absolute Gasteiger partial charge is 0.478 e. The second-order valence-corrected chi connectivity index (χ2v) is 13.0. The van der Waals surface area contributed by atoms with E-state index in [1.165, 1.54) is 6.07 Å². The zero-order valence-electron chi connectivity index (χ0n) is 22.3. The number of rotatable bonds is 6. The number of hydrogen-bond donors (Lipinski definition) is 1. The monoisotopic (exact) mass is 651 g/mol. The van der Waals surface area contributed by atoms with Crippen LogP contribution < -0.4 is 0 Å². The van der Waals surface area contributed by atoms with E-state index >= 15 is 0 Å². The summed E-state index contributed by atoms with van der Waals surface area (Å²) in [5.41, 5.74) is -8.17. The van der Waals surface area contributed by atoms with Crippen LogP contribution in [0.3, 0.4) is 0 Å². The van der Waals surface area contributed by atoms with E-state index in [0.717, 1.165) is 42.5 Å². The van der Waals surface area contributed by atoms with Crippen molar-refractivity contribution in [1.29, 1.82) is 0 Å². The Labute approximate surface area is 244 Å². The predicted molar refractivity (Wildman–Crippen MR) is 137 cm³/mol. The van der Waals surface area contributed by atoms with Gasteiger partial charge in [-0.25, -0.2) is 26.4 Å². The molecule has 0 bridgehead atoms. The zero-order valence-corrected chi connectivity index (χ0v) is 23.1. The van der Waals surface area contributed by atoms with Gasteiger partial charge in [-0.15, -0.1) is 0 Å². The molecule has 5 rings (SSSR count). The van der Waals surface area contributed by atoms with Gasteiger partial charge in [0.25, 0.3) is 0 Å². The molecule has 1 N–H and O–H groups in total. The summed E-state index contributed by atoms with van der Waals surface area (Å²) < 4.78 is 151. The van der Waals surface area contributed by atoms with Crippen LogP contribution in [0.1, 0.15) is 45.5 Å². The number of sulfone groups is 1. The van der Waals surface area contributed by atoms with E-state index in [9.17, 15) is 52.7 Å². The second kappa shape index (κ2) is 10.5. The van der Waals surface area contributed by atoms with E-state index in [1.54, 1.807) is 4.90 Å². The number of fused-ring (bicyclic) bond motifs is 3. The summed E-state index contributed by atoms with van der Waals surface area (Å²) >= 11 is 0. The van der Waals surface area contributed by atoms with E-state index in [-0.39, 0.29) is 65.6 Å². The molecular weight excluding hydrogens is 629 g/mol. The highest BCUT2D eigenvalue weighted by Gasteiger charge is 2.73. The van der Waals surface area contributed by atoms with Crippen molar-refractivity contribution in [2.45, 2.75) is 59.5 Å². The van der Waals surface area contributed by atoms with Crippen LogP contribution in [0.4, 0.5) is 39.5 Å². The third-order valence-electron chi connectivity index (χ3n) is 8.45. The molecule has 1 aliphatic heterocycles. The number of carboxylic acid groups (broad SMARTS) is 1. The van der Waals surface area contributed by atoms with Crippen molar-refractivity contribution in [2.75, 3.05) is 6.54 Å². The van der Waals surface area contributed by atoms with Gasteiger partial charge in [0.05, 0.1) is 10.5 Å². The molecule has 2 atom stereocenters. The molecule has 1 heterocycles. The van der Waals surface area contributed by atoms with E-state index in [4.69, 9.17) is 5.11 Å². The molecule has 1 saturated heterocycles. The van der Waals surface area contributed by atoms with Gasteiger partial charge in [-0.2, -0.15) is 26.3 Å². The van der Waals surface area contributed by atoms with Gasteiger partial charge in [0.2, 0.25) is 0 Å². The number of carbonyl (C=O) groups is 1. The van der Waals surface area contributed by atoms with Crippen LogP contribution in [-0.2, 0) is 33.2 Å². The van der Waals surface area contributed by atoms with Crippen molar-refractivity contribution < 1.29 is 57.8 Å². The first-order chi connectivity index (χ1) is 20.3. The number of alkyl halides is 7. The van der Waals surface area contributed by atoms with Crippen LogP contribution in [0.5, 0.6) is 0 Å². The van der Waals surface area contributed by atoms with E-state index in [1.807, 2.05) is 0 Å². The van der Waals surface area contributed by atoms with Crippen LogP contribution >= 0.6 is 0 Å². The number of aryl methyl sites for hydroxylation is 1. The van der Waals surface area contributed by atoms with Crippen molar-refractivity contribution in [1.82, 2.24) is 4.90 Å². The summed E-state index contributed by atoms with van der Waals surface area (Å²) in [6, 6.07) is 7.30. The van der Waals surface area contributed by atoms with Crippen LogP contribution in [0.15, 0.2) is 65.6 Å². The number of benzene rings is 3. The number of halogens is 9. The summed E-state index contributed by atoms with van der Waals surface area (Å²) in [5, 5.41) is 9.12. The molecule has 0 unspecified atom stereocenters. The van der Waals surface area contributed by atoms with E-state index < -0.39 is 61.8 Å². The molecule has 44 heavy (non-hydrogen) atoms. The Morgan fingerprint density at radius 3 is 2.11 bits per heavy atom. The van der Waals surface area contributed by atoms with Crippen molar-refractivity contribution in [3.05, 3.63) is 100 Å². The third kappa shape index (κ3) is 4.75. The number of aromatic carboxylic acids is 1. The van der Waals surface area contributed by atoms with Crippen molar-refractivity contribution in [3.63, 3.8) is 0 Å². The maximum absolute atomic E-state index is 14.9. The highest BCUT2D eigenvalue weighted by Crippen LogP contribution is 2.56. The number of likely N-dealkylation sites (tertiary alicyclic amines) is 1. The molecule has 5 nitrogen and oxygen atoms in total. The summed E-state index contributed by atoms with van der Waals surface area (Å²) in [6.45, 7) is -0.231. The van der Waals surface area contributed by atoms with Crippen LogP contribution in [0.2, 0.25) is 0 Å². The Kier molecular flexibility index (Phi) is 7.59. The van der Waals surface area contributed by atoms with E-state index in [0.29, 0.717) is 6.07 Å². The van der Waals surface area contributed by atoms with Crippen molar-refractivity contribution in [2.24, 2.45) is 0 Å². The maximum atomic E-state index is 14.9. The molecule has 2 aliphatic rings. The molecular formula is C29H22F9NO4S. The minimum absolute atomic E-state index is 0.0173. The predicted octanol–water partition coefficient (Wildman–Crippen LogP) is 6.84. The van der Waals surface area contributed by atoms with Gasteiger partial charge in [-0.1, -0.05) is 24.3 Å². The lowest BCUT2D eigenvalue weighted by Gasteiger charge is -2.43. The zero-order chi connectivity index (χ0) is 32.5. The van der Waals surface area contributed by atoms with Gasteiger partial charge in [0.1, 0.15) is 16.4 Å². The molecule has 0 aromatic heterocycles. The Hall–Kier alpha value is -3.59. The van der Waals surface area contributed by atoms with Gasteiger partial charge in [0, 0.05) is 30.3 Å². The fourth-order valence-electron chi connectivity index (χ4n) is 6.36. The Morgan fingerprint density at radius 1 is 0.909 bits per heavy atom. The smallest absolute Gasteiger partial charge is 0.435 e. The average Bonchev–Trinajstić information content (AvgIpc) is 3.32. The van der Waals surface area contributed by atoms with E-state index in [2.05, 4.69) is 0 Å². The molecule has 0 saturated carbocycles. The lowest BCUT2D eigenvalue weighted by Crippen LogP contribution is -2.52. The van der Waals surface area contributed by atoms with Gasteiger partial charge >= 0.3 is 24.0 Å². The number of carboxylic acids is 1. The minimum atomic E-state index is -6.38. The van der Waals surface area contributed by atoms with Crippen molar-refractivity contribution in [3.8, 4) is 0 Å². The minimum Gasteiger partial charge on any atom is -0.478 e. The summed E-state index contributed by atoms with van der Waals surface area (Å²) in [6.07, 6.45) is -13.4. The molecule has 236 valence electrons. The normalized spacial score (nSPS) is 21.2. The Bertz CT molecular complexity index is 1710. The fourth-order valence-corrected chi connectivity index (χ4v) is 8.75. The molecule has 0 radical (unpaired) electrons. The Balaban J connectivity index is 1.66. The van der Waals surface area contributed by atoms with Crippen molar-refractivity contribution >= 4 is 15.8 Å². The molecule has 1 fully saturated rings. The molecule has 3 aromatic rings. The first-order valence-corrected chi connectivity index (χ1v) is 14.5. The lowest BCUT2D eigenvalue weighted by molar-refractivity contribution is -0.348. The van der Waals surface area contributed by atoms with Gasteiger partial charge in [-0.05, 0) is 66.8 Å². The van der Waals surface area contributed by atoms with Gasteiger partial charge < -0.3 is 5.11 Å². The third-order valence-corrected chi connectivity index (χ3v) is 11.0. The fraction of sp³-hybridized carbons (Fsp3) is 0.345. The quantitative estimate of drug-likeness (QED) is 0.234. The standard InChI is InChI=1S/C29H22F9NO4S/c30-20-5-7-21(8-6-20)44(42,43)26-11-12-39(15-18-2-1-17(25(40)41)14-23(18)31)24(26)10-3-16-13-19(4-9-22(16)26)27(32,28(33,34)35)29(36,37)38/h1-2,4-9,13-14,24H,3,10-12,15H2,(H,40,41)/t24-,26-/m1/s1. The molecule has 0 spiro atoms. The molecule has 3 aromatic carbocycles. The summed E-state index contributed by atoms with van der Waals surface area (Å²) in [4.78, 5) is 12.4. The number of nitrogens with zero attached hydrogens (tertiary/aromatic N) is 1. The van der Waals surface area contributed by atoms with Crippen LogP contribution in [0.25, 0.3) is 0 Å². The highest BCUT2D eigenvalue weighted by molar-refractivity contribution is 7.92. The SMILES string of the molecule is O=C(O)c1ccc(CN2CC[C@@]3(S(=O)(=O)c4ccc(F)cc4)c4ccc(C(F)(C(F)(F)F)C(F)(F)F)cc4CC[C@@H]23)c(F)c1. The molecule has 1 aliphatic carbocycles. The second-order valence-electron chi connectivity index (χ2n) is 10.8. The van der Waals surface area contributed by atoms with Crippen LogP contribution in [-0.4, -0.2) is 49.3 Å². The first kappa shape index (κ1) is 31.8. The number of hydrogen-bond acceptors (Lipinski definition) is 4. The van der Waals surface area contributed by atoms with Crippen LogP contribution in [0, 0.1) is 11.6 Å². The summed E-state index contributed by atoms with van der Waals surface area (Å²) in [5.74, 6) is -3.03. The lowest BCUT2D eigenvalue weighted by atomic mass is 9.76. The maximum Gasteiger partial charge on any atom is 0.435 e. The summed E-state index contributed by atoms with van der Waals surface area (Å²) in [7, 11) is -4.57. The first-order valence-electron chi connectivity index (χ1n) is 13.1.